The molecule has 0 atom stereocenters. The summed E-state index contributed by atoms with van der Waals surface area (Å²) in [6, 6.07) is 48.5. The second kappa shape index (κ2) is 9.77. The molecule has 0 spiro atoms. The normalized spacial score (nSPS) is 11.4. The summed E-state index contributed by atoms with van der Waals surface area (Å²) in [7, 11) is 0. The van der Waals surface area contributed by atoms with Gasteiger partial charge in [-0.25, -0.2) is 15.0 Å². The van der Waals surface area contributed by atoms with E-state index in [1.54, 1.807) is 11.3 Å². The fourth-order valence-electron chi connectivity index (χ4n) is 5.44. The van der Waals surface area contributed by atoms with Crippen LogP contribution >= 0.6 is 11.3 Å². The molecule has 0 radical (unpaired) electrons. The minimum Gasteiger partial charge on any atom is -0.244 e. The lowest BCUT2D eigenvalue weighted by atomic mass is 9.97. The molecule has 0 aliphatic rings. The standard InChI is InChI=1S/C37H23N3S/c1-3-10-24(11-4-1)34-35(39-32-17-8-7-16-31(32)38-34)29-15-9-14-26(23-29)27-18-20-30-28(22-27)19-21-33-36(30)41-37(40-33)25-12-5-2-6-13-25/h1-23H. The second-order valence-corrected chi connectivity index (χ2v) is 11.1. The van der Waals surface area contributed by atoms with Crippen molar-refractivity contribution in [3.8, 4) is 44.2 Å². The highest BCUT2D eigenvalue weighted by molar-refractivity contribution is 7.22. The molecule has 0 bridgehead atoms. The van der Waals surface area contributed by atoms with Crippen LogP contribution in [0.1, 0.15) is 0 Å². The Morgan fingerprint density at radius 2 is 1.00 bits per heavy atom. The van der Waals surface area contributed by atoms with Gasteiger partial charge in [-0.15, -0.1) is 11.3 Å². The summed E-state index contributed by atoms with van der Waals surface area (Å²) in [5, 5.41) is 3.49. The van der Waals surface area contributed by atoms with E-state index >= 15 is 0 Å². The molecule has 6 aromatic carbocycles. The maximum Gasteiger partial charge on any atom is 0.124 e. The van der Waals surface area contributed by atoms with E-state index < -0.39 is 0 Å². The number of fused-ring (bicyclic) bond motifs is 4. The van der Waals surface area contributed by atoms with E-state index in [9.17, 15) is 0 Å². The van der Waals surface area contributed by atoms with Gasteiger partial charge in [0.2, 0.25) is 0 Å². The first-order valence-corrected chi connectivity index (χ1v) is 14.4. The fraction of sp³-hybridized carbons (Fsp3) is 0. The van der Waals surface area contributed by atoms with E-state index in [1.165, 1.54) is 21.0 Å². The van der Waals surface area contributed by atoms with Gasteiger partial charge >= 0.3 is 0 Å². The molecule has 0 saturated carbocycles. The second-order valence-electron chi connectivity index (χ2n) is 10.1. The first-order valence-electron chi connectivity index (χ1n) is 13.6. The maximum absolute atomic E-state index is 5.10. The van der Waals surface area contributed by atoms with Crippen molar-refractivity contribution >= 4 is 43.4 Å². The highest BCUT2D eigenvalue weighted by Gasteiger charge is 2.15. The molecule has 3 nitrogen and oxygen atoms in total. The molecular formula is C37H23N3S. The third-order valence-corrected chi connectivity index (χ3v) is 8.63. The van der Waals surface area contributed by atoms with E-state index in [0.717, 1.165) is 55.2 Å². The summed E-state index contributed by atoms with van der Waals surface area (Å²) in [6.07, 6.45) is 0. The number of aromatic nitrogens is 3. The molecule has 0 aliphatic heterocycles. The largest absolute Gasteiger partial charge is 0.244 e. The van der Waals surface area contributed by atoms with Gasteiger partial charge in [0, 0.05) is 22.1 Å². The van der Waals surface area contributed by atoms with Crippen molar-refractivity contribution in [3.63, 3.8) is 0 Å². The zero-order chi connectivity index (χ0) is 27.2. The van der Waals surface area contributed by atoms with Gasteiger partial charge in [-0.1, -0.05) is 109 Å². The summed E-state index contributed by atoms with van der Waals surface area (Å²) in [4.78, 5) is 15.1. The van der Waals surface area contributed by atoms with Crippen LogP contribution in [-0.4, -0.2) is 15.0 Å². The Balaban J connectivity index is 1.24. The van der Waals surface area contributed by atoms with Crippen LogP contribution < -0.4 is 0 Å². The number of thiazole rings is 1. The van der Waals surface area contributed by atoms with Crippen LogP contribution in [0.2, 0.25) is 0 Å². The summed E-state index contributed by atoms with van der Waals surface area (Å²) in [5.74, 6) is 0. The Hall–Kier alpha value is -5.19. The maximum atomic E-state index is 5.10. The van der Waals surface area contributed by atoms with Crippen molar-refractivity contribution < 1.29 is 0 Å². The molecule has 0 N–H and O–H groups in total. The van der Waals surface area contributed by atoms with E-state index in [-0.39, 0.29) is 0 Å². The van der Waals surface area contributed by atoms with Gasteiger partial charge in [-0.2, -0.15) is 0 Å². The van der Waals surface area contributed by atoms with Gasteiger partial charge in [0.1, 0.15) is 5.01 Å². The van der Waals surface area contributed by atoms with Crippen LogP contribution in [0.4, 0.5) is 0 Å². The van der Waals surface area contributed by atoms with Crippen molar-refractivity contribution in [2.75, 3.05) is 0 Å². The van der Waals surface area contributed by atoms with Crippen LogP contribution in [0.5, 0.6) is 0 Å². The average molecular weight is 542 g/mol. The zero-order valence-corrected chi connectivity index (χ0v) is 22.8. The zero-order valence-electron chi connectivity index (χ0n) is 22.0. The van der Waals surface area contributed by atoms with E-state index in [4.69, 9.17) is 15.0 Å². The number of nitrogens with zero attached hydrogens (tertiary/aromatic N) is 3. The molecule has 0 amide bonds. The van der Waals surface area contributed by atoms with Gasteiger partial charge in [0.05, 0.1) is 32.6 Å². The predicted octanol–water partition coefficient (Wildman–Crippen LogP) is 10.1. The van der Waals surface area contributed by atoms with Crippen molar-refractivity contribution in [3.05, 3.63) is 140 Å². The van der Waals surface area contributed by atoms with Crippen molar-refractivity contribution in [2.45, 2.75) is 0 Å². The summed E-state index contributed by atoms with van der Waals surface area (Å²) < 4.78 is 1.22. The SMILES string of the molecule is c1ccc(-c2nc3ccc4cc(-c5cccc(-c6nc7ccccc7nc6-c6ccccc6)c5)ccc4c3s2)cc1. The lowest BCUT2D eigenvalue weighted by Gasteiger charge is -2.12. The lowest BCUT2D eigenvalue weighted by molar-refractivity contribution is 1.29. The Bertz CT molecular complexity index is 2200. The topological polar surface area (TPSA) is 38.7 Å². The molecule has 0 saturated heterocycles. The number of benzene rings is 6. The molecule has 4 heteroatoms. The molecule has 8 aromatic rings. The summed E-state index contributed by atoms with van der Waals surface area (Å²) >= 11 is 1.76. The Morgan fingerprint density at radius 3 is 1.76 bits per heavy atom. The highest BCUT2D eigenvalue weighted by Crippen LogP contribution is 2.38. The van der Waals surface area contributed by atoms with Gasteiger partial charge < -0.3 is 0 Å². The minimum atomic E-state index is 0.886. The van der Waals surface area contributed by atoms with Crippen molar-refractivity contribution in [1.29, 1.82) is 0 Å². The Morgan fingerprint density at radius 1 is 0.390 bits per heavy atom. The van der Waals surface area contributed by atoms with Gasteiger partial charge in [-0.3, -0.25) is 0 Å². The molecule has 2 heterocycles. The molecular weight excluding hydrogens is 518 g/mol. The third-order valence-electron chi connectivity index (χ3n) is 7.48. The molecule has 2 aromatic heterocycles. The fourth-order valence-corrected chi connectivity index (χ4v) is 6.55. The molecule has 8 rings (SSSR count). The number of para-hydroxylation sites is 2. The highest BCUT2D eigenvalue weighted by atomic mass is 32.1. The number of rotatable bonds is 4. The molecule has 0 fully saturated rings. The van der Waals surface area contributed by atoms with Gasteiger partial charge in [0.25, 0.3) is 0 Å². The van der Waals surface area contributed by atoms with Crippen LogP contribution in [0, 0.1) is 0 Å². The quantitative estimate of drug-likeness (QED) is 0.222. The van der Waals surface area contributed by atoms with E-state index in [0.29, 0.717) is 0 Å². The molecule has 192 valence electrons. The Labute approximate surface area is 241 Å². The number of hydrogen-bond acceptors (Lipinski definition) is 4. The van der Waals surface area contributed by atoms with Crippen LogP contribution in [0.25, 0.3) is 76.2 Å². The van der Waals surface area contributed by atoms with Crippen LogP contribution in [0.3, 0.4) is 0 Å². The molecule has 0 aliphatic carbocycles. The van der Waals surface area contributed by atoms with Crippen molar-refractivity contribution in [2.24, 2.45) is 0 Å². The predicted molar refractivity (Wildman–Crippen MR) is 172 cm³/mol. The van der Waals surface area contributed by atoms with Crippen molar-refractivity contribution in [1.82, 2.24) is 15.0 Å². The number of hydrogen-bond donors (Lipinski definition) is 0. The lowest BCUT2D eigenvalue weighted by Crippen LogP contribution is -1.95. The first kappa shape index (κ1) is 23.7. The average Bonchev–Trinajstić information content (AvgIpc) is 3.50. The van der Waals surface area contributed by atoms with Gasteiger partial charge in [-0.05, 0) is 46.8 Å². The summed E-state index contributed by atoms with van der Waals surface area (Å²) in [5.41, 5.74) is 10.2. The summed E-state index contributed by atoms with van der Waals surface area (Å²) in [6.45, 7) is 0. The van der Waals surface area contributed by atoms with E-state index in [1.807, 2.05) is 48.5 Å². The monoisotopic (exact) mass is 541 g/mol. The Kier molecular flexibility index (Phi) is 5.64. The molecule has 0 unspecified atom stereocenters. The molecule has 41 heavy (non-hydrogen) atoms. The van der Waals surface area contributed by atoms with Crippen LogP contribution in [-0.2, 0) is 0 Å². The van der Waals surface area contributed by atoms with E-state index in [2.05, 4.69) is 91.0 Å². The van der Waals surface area contributed by atoms with Gasteiger partial charge in [0.15, 0.2) is 0 Å². The minimum absolute atomic E-state index is 0.886. The first-order chi connectivity index (χ1) is 20.3. The smallest absolute Gasteiger partial charge is 0.124 e. The van der Waals surface area contributed by atoms with Crippen LogP contribution in [0.15, 0.2) is 140 Å². The third kappa shape index (κ3) is 4.26.